The van der Waals surface area contributed by atoms with Crippen molar-refractivity contribution in [3.05, 3.63) is 57.8 Å². The number of esters is 1. The van der Waals surface area contributed by atoms with Crippen molar-refractivity contribution >= 4 is 23.2 Å². The average molecular weight is 345 g/mol. The van der Waals surface area contributed by atoms with Gasteiger partial charge in [0.1, 0.15) is 4.88 Å². The molecule has 1 aromatic heterocycles. The minimum absolute atomic E-state index is 0.133. The summed E-state index contributed by atoms with van der Waals surface area (Å²) >= 11 is 1.29. The van der Waals surface area contributed by atoms with E-state index in [2.05, 4.69) is 31.3 Å². The van der Waals surface area contributed by atoms with Gasteiger partial charge >= 0.3 is 5.97 Å². The van der Waals surface area contributed by atoms with Crippen molar-refractivity contribution in [3.63, 3.8) is 0 Å². The predicted molar refractivity (Wildman–Crippen MR) is 96.1 cm³/mol. The molecular weight excluding hydrogens is 322 g/mol. The zero-order chi connectivity index (χ0) is 17.5. The van der Waals surface area contributed by atoms with Crippen LogP contribution in [-0.2, 0) is 16.0 Å². The molecule has 0 fully saturated rings. The molecule has 0 saturated heterocycles. The van der Waals surface area contributed by atoms with Gasteiger partial charge in [0.05, 0.1) is 6.04 Å². The average Bonchev–Trinajstić information content (AvgIpc) is 3.07. The Hall–Kier alpha value is -2.14. The Morgan fingerprint density at radius 2 is 1.83 bits per heavy atom. The third-order valence-corrected chi connectivity index (χ3v) is 4.41. The Morgan fingerprint density at radius 1 is 1.12 bits per heavy atom. The number of carbonyl (C=O) groups is 2. The van der Waals surface area contributed by atoms with E-state index in [1.54, 1.807) is 17.5 Å². The fourth-order valence-corrected chi connectivity index (χ4v) is 2.99. The number of hydrogen-bond donors (Lipinski definition) is 1. The van der Waals surface area contributed by atoms with Gasteiger partial charge in [-0.15, -0.1) is 11.3 Å². The van der Waals surface area contributed by atoms with Crippen LogP contribution in [0.25, 0.3) is 0 Å². The standard InChI is InChI=1S/C19H23NO3S/c1-13(2)11-15-6-8-16(9-7-15)14(3)20-18(21)12-23-19(22)17-5-4-10-24-17/h4-10,13-14H,11-12H2,1-3H3,(H,20,21)/t14-/m0/s1. The largest absolute Gasteiger partial charge is 0.451 e. The molecule has 2 rings (SSSR count). The Balaban J connectivity index is 1.81. The monoisotopic (exact) mass is 345 g/mol. The summed E-state index contributed by atoms with van der Waals surface area (Å²) in [5, 5.41) is 4.64. The molecule has 0 aliphatic heterocycles. The van der Waals surface area contributed by atoms with Gasteiger partial charge in [-0.2, -0.15) is 0 Å². The number of thiophene rings is 1. The summed E-state index contributed by atoms with van der Waals surface area (Å²) in [6, 6.07) is 11.6. The van der Waals surface area contributed by atoms with Crippen LogP contribution in [0.3, 0.4) is 0 Å². The Labute approximate surface area is 146 Å². The van der Waals surface area contributed by atoms with Gasteiger partial charge in [-0.25, -0.2) is 4.79 Å². The van der Waals surface area contributed by atoms with E-state index in [1.807, 2.05) is 19.1 Å². The number of ether oxygens (including phenoxy) is 1. The van der Waals surface area contributed by atoms with Crippen molar-refractivity contribution in [2.24, 2.45) is 5.92 Å². The number of amides is 1. The topological polar surface area (TPSA) is 55.4 Å². The Kier molecular flexibility index (Phi) is 6.55. The molecule has 0 spiro atoms. The van der Waals surface area contributed by atoms with Gasteiger partial charge in [-0.05, 0) is 41.8 Å². The van der Waals surface area contributed by atoms with Gasteiger partial charge in [0.25, 0.3) is 5.91 Å². The van der Waals surface area contributed by atoms with Gasteiger partial charge < -0.3 is 10.1 Å². The second-order valence-electron chi connectivity index (χ2n) is 6.18. The molecule has 24 heavy (non-hydrogen) atoms. The van der Waals surface area contributed by atoms with E-state index < -0.39 is 5.97 Å². The van der Waals surface area contributed by atoms with E-state index in [0.29, 0.717) is 10.8 Å². The molecule has 1 N–H and O–H groups in total. The fraction of sp³-hybridized carbons (Fsp3) is 0.368. The molecule has 0 aliphatic rings. The van der Waals surface area contributed by atoms with Crippen LogP contribution >= 0.6 is 11.3 Å². The van der Waals surface area contributed by atoms with E-state index in [9.17, 15) is 9.59 Å². The molecule has 0 bridgehead atoms. The summed E-state index contributed by atoms with van der Waals surface area (Å²) < 4.78 is 5.01. The van der Waals surface area contributed by atoms with Crippen LogP contribution in [0, 0.1) is 5.92 Å². The Bertz CT molecular complexity index is 662. The summed E-state index contributed by atoms with van der Waals surface area (Å²) in [5.41, 5.74) is 2.32. The van der Waals surface area contributed by atoms with E-state index in [4.69, 9.17) is 4.74 Å². The lowest BCUT2D eigenvalue weighted by Crippen LogP contribution is -2.31. The lowest BCUT2D eigenvalue weighted by molar-refractivity contribution is -0.124. The van der Waals surface area contributed by atoms with Crippen molar-refractivity contribution < 1.29 is 14.3 Å². The van der Waals surface area contributed by atoms with E-state index in [-0.39, 0.29) is 18.6 Å². The number of nitrogens with one attached hydrogen (secondary N) is 1. The number of benzene rings is 1. The molecule has 1 aromatic carbocycles. The fourth-order valence-electron chi connectivity index (χ4n) is 2.38. The summed E-state index contributed by atoms with van der Waals surface area (Å²) in [4.78, 5) is 24.1. The van der Waals surface area contributed by atoms with E-state index >= 15 is 0 Å². The molecule has 128 valence electrons. The highest BCUT2D eigenvalue weighted by molar-refractivity contribution is 7.11. The first-order valence-corrected chi connectivity index (χ1v) is 8.92. The third kappa shape index (κ3) is 5.49. The first kappa shape index (κ1) is 18.2. The van der Waals surface area contributed by atoms with Gasteiger partial charge in [0, 0.05) is 0 Å². The molecule has 1 atom stereocenters. The van der Waals surface area contributed by atoms with Gasteiger partial charge in [-0.3, -0.25) is 4.79 Å². The van der Waals surface area contributed by atoms with Gasteiger partial charge in [0.15, 0.2) is 6.61 Å². The highest BCUT2D eigenvalue weighted by Crippen LogP contribution is 2.15. The highest BCUT2D eigenvalue weighted by Gasteiger charge is 2.13. The van der Waals surface area contributed by atoms with Crippen molar-refractivity contribution in [2.45, 2.75) is 33.2 Å². The molecular formula is C19H23NO3S. The molecule has 0 unspecified atom stereocenters. The second kappa shape index (κ2) is 8.64. The van der Waals surface area contributed by atoms with Crippen LogP contribution in [0.5, 0.6) is 0 Å². The van der Waals surface area contributed by atoms with Crippen LogP contribution in [-0.4, -0.2) is 18.5 Å². The zero-order valence-electron chi connectivity index (χ0n) is 14.2. The first-order valence-electron chi connectivity index (χ1n) is 8.04. The van der Waals surface area contributed by atoms with Crippen LogP contribution in [0.1, 0.15) is 47.6 Å². The van der Waals surface area contributed by atoms with E-state index in [1.165, 1.54) is 16.9 Å². The molecule has 2 aromatic rings. The molecule has 0 saturated carbocycles. The third-order valence-electron chi connectivity index (χ3n) is 3.56. The lowest BCUT2D eigenvalue weighted by atomic mass is 10.00. The maximum Gasteiger partial charge on any atom is 0.348 e. The predicted octanol–water partition coefficient (Wildman–Crippen LogP) is 3.98. The zero-order valence-corrected chi connectivity index (χ0v) is 15.1. The first-order chi connectivity index (χ1) is 11.5. The smallest absolute Gasteiger partial charge is 0.348 e. The minimum Gasteiger partial charge on any atom is -0.451 e. The normalized spacial score (nSPS) is 12.0. The second-order valence-corrected chi connectivity index (χ2v) is 7.13. The lowest BCUT2D eigenvalue weighted by Gasteiger charge is -2.15. The molecule has 1 amide bonds. The van der Waals surface area contributed by atoms with Crippen molar-refractivity contribution in [2.75, 3.05) is 6.61 Å². The van der Waals surface area contributed by atoms with Crippen molar-refractivity contribution in [1.29, 1.82) is 0 Å². The highest BCUT2D eigenvalue weighted by atomic mass is 32.1. The number of rotatable bonds is 7. The molecule has 4 nitrogen and oxygen atoms in total. The minimum atomic E-state index is -0.467. The number of carbonyl (C=O) groups excluding carboxylic acids is 2. The van der Waals surface area contributed by atoms with Crippen LogP contribution < -0.4 is 5.32 Å². The molecule has 0 radical (unpaired) electrons. The Morgan fingerprint density at radius 3 is 2.42 bits per heavy atom. The van der Waals surface area contributed by atoms with E-state index in [0.717, 1.165) is 12.0 Å². The summed E-state index contributed by atoms with van der Waals surface area (Å²) in [6.45, 7) is 6.02. The maximum absolute atomic E-state index is 11.9. The summed E-state index contributed by atoms with van der Waals surface area (Å²) in [5.74, 6) is -0.157. The van der Waals surface area contributed by atoms with Crippen molar-refractivity contribution in [1.82, 2.24) is 5.32 Å². The van der Waals surface area contributed by atoms with Crippen molar-refractivity contribution in [3.8, 4) is 0 Å². The SMILES string of the molecule is CC(C)Cc1ccc([C@H](C)NC(=O)COC(=O)c2cccs2)cc1. The molecule has 0 aliphatic carbocycles. The van der Waals surface area contributed by atoms with Crippen LogP contribution in [0.4, 0.5) is 0 Å². The van der Waals surface area contributed by atoms with Gasteiger partial charge in [0.2, 0.25) is 0 Å². The quantitative estimate of drug-likeness (QED) is 0.772. The van der Waals surface area contributed by atoms with Gasteiger partial charge in [-0.1, -0.05) is 44.2 Å². The maximum atomic E-state index is 11.9. The van der Waals surface area contributed by atoms with Crippen LogP contribution in [0.2, 0.25) is 0 Å². The summed E-state index contributed by atoms with van der Waals surface area (Å²) in [6.07, 6.45) is 1.04. The van der Waals surface area contributed by atoms with Crippen LogP contribution in [0.15, 0.2) is 41.8 Å². The summed E-state index contributed by atoms with van der Waals surface area (Å²) in [7, 11) is 0. The molecule has 5 heteroatoms. The molecule has 1 heterocycles. The number of hydrogen-bond acceptors (Lipinski definition) is 4.